The van der Waals surface area contributed by atoms with Gasteiger partial charge >= 0.3 is 0 Å². The molecule has 0 bridgehead atoms. The normalized spacial score (nSPS) is 9.60. The lowest BCUT2D eigenvalue weighted by Gasteiger charge is -2.05. The van der Waals surface area contributed by atoms with Gasteiger partial charge in [0.25, 0.3) is 0 Å². The minimum Gasteiger partial charge on any atom is -0.345 e. The lowest BCUT2D eigenvalue weighted by Crippen LogP contribution is -2.12. The van der Waals surface area contributed by atoms with Crippen molar-refractivity contribution in [2.24, 2.45) is 0 Å². The summed E-state index contributed by atoms with van der Waals surface area (Å²) in [7, 11) is 0. The number of hydrogen-bond donors (Lipinski definition) is 1. The number of benzene rings is 1. The number of para-hydroxylation sites is 1. The van der Waals surface area contributed by atoms with E-state index in [0.29, 0.717) is 10.7 Å². The molecule has 0 spiro atoms. The summed E-state index contributed by atoms with van der Waals surface area (Å²) in [6, 6.07) is 13.4. The van der Waals surface area contributed by atoms with Gasteiger partial charge in [0.05, 0.1) is 0 Å². The third-order valence-corrected chi connectivity index (χ3v) is 2.15. The fourth-order valence-corrected chi connectivity index (χ4v) is 1.37. The van der Waals surface area contributed by atoms with Gasteiger partial charge in [0.1, 0.15) is 10.7 Å². The first-order chi connectivity index (χ1) is 7.36. The monoisotopic (exact) mass is 215 g/mol. The smallest absolute Gasteiger partial charge is 0.131 e. The number of hydrogen-bond acceptors (Lipinski definition) is 3. The van der Waals surface area contributed by atoms with Crippen LogP contribution >= 0.6 is 12.2 Å². The minimum absolute atomic E-state index is 0.578. The summed E-state index contributed by atoms with van der Waals surface area (Å²) in [5.74, 6) is 0. The van der Waals surface area contributed by atoms with Crippen LogP contribution in [0.15, 0.2) is 48.7 Å². The Morgan fingerprint density at radius 3 is 2.53 bits per heavy atom. The lowest BCUT2D eigenvalue weighted by molar-refractivity contribution is 1.02. The van der Waals surface area contributed by atoms with Crippen molar-refractivity contribution in [3.8, 4) is 0 Å². The van der Waals surface area contributed by atoms with Crippen molar-refractivity contribution in [1.82, 2.24) is 10.2 Å². The summed E-state index contributed by atoms with van der Waals surface area (Å²) in [5, 5.41) is 10.8. The average molecular weight is 215 g/mol. The Hall–Kier alpha value is -1.81. The summed E-state index contributed by atoms with van der Waals surface area (Å²) in [6.45, 7) is 0. The molecule has 0 unspecified atom stereocenters. The van der Waals surface area contributed by atoms with Crippen LogP contribution in [0.5, 0.6) is 0 Å². The zero-order valence-corrected chi connectivity index (χ0v) is 8.74. The molecule has 3 nitrogen and oxygen atoms in total. The van der Waals surface area contributed by atoms with Crippen LogP contribution in [0.3, 0.4) is 0 Å². The van der Waals surface area contributed by atoms with Gasteiger partial charge in [-0.25, -0.2) is 0 Å². The molecule has 0 radical (unpaired) electrons. The maximum Gasteiger partial charge on any atom is 0.131 e. The lowest BCUT2D eigenvalue weighted by atomic mass is 10.3. The molecule has 0 fully saturated rings. The predicted octanol–water partition coefficient (Wildman–Crippen LogP) is 2.26. The van der Waals surface area contributed by atoms with E-state index in [0.717, 1.165) is 5.69 Å². The fraction of sp³-hybridized carbons (Fsp3) is 0. The number of nitrogens with one attached hydrogen (secondary N) is 1. The van der Waals surface area contributed by atoms with Gasteiger partial charge < -0.3 is 5.32 Å². The highest BCUT2D eigenvalue weighted by molar-refractivity contribution is 7.81. The zero-order chi connectivity index (χ0) is 10.5. The van der Waals surface area contributed by atoms with Gasteiger partial charge in [0.15, 0.2) is 0 Å². The largest absolute Gasteiger partial charge is 0.345 e. The van der Waals surface area contributed by atoms with Crippen LogP contribution < -0.4 is 5.32 Å². The number of thiocarbonyl (C=S) groups is 1. The van der Waals surface area contributed by atoms with Crippen LogP contribution in [0.25, 0.3) is 0 Å². The van der Waals surface area contributed by atoms with E-state index in [1.807, 2.05) is 36.4 Å². The molecule has 0 aliphatic carbocycles. The van der Waals surface area contributed by atoms with Crippen molar-refractivity contribution >= 4 is 22.9 Å². The van der Waals surface area contributed by atoms with Crippen molar-refractivity contribution < 1.29 is 0 Å². The maximum absolute atomic E-state index is 5.19. The zero-order valence-electron chi connectivity index (χ0n) is 7.92. The van der Waals surface area contributed by atoms with Gasteiger partial charge in [-0.15, -0.1) is 5.10 Å². The van der Waals surface area contributed by atoms with Gasteiger partial charge in [0, 0.05) is 11.9 Å². The summed E-state index contributed by atoms with van der Waals surface area (Å²) < 4.78 is 0. The van der Waals surface area contributed by atoms with Gasteiger partial charge in [0.2, 0.25) is 0 Å². The Kier molecular flexibility index (Phi) is 2.99. The summed E-state index contributed by atoms with van der Waals surface area (Å²) in [4.78, 5) is 0.578. The molecule has 0 saturated carbocycles. The first kappa shape index (κ1) is 9.73. The van der Waals surface area contributed by atoms with Crippen LogP contribution in [0.2, 0.25) is 0 Å². The van der Waals surface area contributed by atoms with Gasteiger partial charge in [-0.1, -0.05) is 30.4 Å². The molecule has 74 valence electrons. The van der Waals surface area contributed by atoms with E-state index in [-0.39, 0.29) is 0 Å². The molecular formula is C11H9N3S. The topological polar surface area (TPSA) is 37.8 Å². The predicted molar refractivity (Wildman–Crippen MR) is 63.8 cm³/mol. The number of rotatable bonds is 2. The van der Waals surface area contributed by atoms with Crippen molar-refractivity contribution in [1.29, 1.82) is 0 Å². The molecule has 4 heteroatoms. The van der Waals surface area contributed by atoms with Crippen molar-refractivity contribution in [3.05, 3.63) is 54.4 Å². The highest BCUT2D eigenvalue weighted by Gasteiger charge is 2.01. The molecule has 2 aromatic rings. The quantitative estimate of drug-likeness (QED) is 0.780. The van der Waals surface area contributed by atoms with E-state index in [9.17, 15) is 0 Å². The minimum atomic E-state index is 0.578. The number of aromatic nitrogens is 2. The second-order valence-electron chi connectivity index (χ2n) is 2.93. The third-order valence-electron chi connectivity index (χ3n) is 1.84. The average Bonchev–Trinajstić information content (AvgIpc) is 2.31. The Morgan fingerprint density at radius 1 is 1.07 bits per heavy atom. The first-order valence-electron chi connectivity index (χ1n) is 4.50. The molecule has 0 amide bonds. The fourth-order valence-electron chi connectivity index (χ4n) is 1.14. The Labute approximate surface area is 93.2 Å². The SMILES string of the molecule is S=C(Nc1ccccc1)c1cccnn1. The van der Waals surface area contributed by atoms with Crippen molar-refractivity contribution in [3.63, 3.8) is 0 Å². The van der Waals surface area contributed by atoms with E-state index in [1.54, 1.807) is 12.3 Å². The van der Waals surface area contributed by atoms with Gasteiger partial charge in [-0.3, -0.25) is 0 Å². The highest BCUT2D eigenvalue weighted by Crippen LogP contribution is 2.07. The third kappa shape index (κ3) is 2.57. The second-order valence-corrected chi connectivity index (χ2v) is 3.34. The molecule has 0 saturated heterocycles. The molecule has 1 aromatic carbocycles. The molecule has 0 atom stereocenters. The maximum atomic E-state index is 5.19. The highest BCUT2D eigenvalue weighted by atomic mass is 32.1. The van der Waals surface area contributed by atoms with Crippen LogP contribution in [0.4, 0.5) is 5.69 Å². The molecule has 0 aliphatic heterocycles. The first-order valence-corrected chi connectivity index (χ1v) is 4.91. The van der Waals surface area contributed by atoms with E-state index < -0.39 is 0 Å². The molecule has 1 heterocycles. The number of anilines is 1. The Balaban J connectivity index is 2.12. The molecule has 2 rings (SSSR count). The van der Waals surface area contributed by atoms with Gasteiger partial charge in [-0.2, -0.15) is 5.10 Å². The van der Waals surface area contributed by atoms with Gasteiger partial charge in [-0.05, 0) is 24.3 Å². The van der Waals surface area contributed by atoms with Crippen LogP contribution in [0, 0.1) is 0 Å². The summed E-state index contributed by atoms with van der Waals surface area (Å²) in [6.07, 6.45) is 1.62. The summed E-state index contributed by atoms with van der Waals surface area (Å²) >= 11 is 5.19. The molecular weight excluding hydrogens is 206 g/mol. The van der Waals surface area contributed by atoms with E-state index in [1.165, 1.54) is 0 Å². The Bertz CT molecular complexity index is 442. The van der Waals surface area contributed by atoms with Crippen LogP contribution in [-0.2, 0) is 0 Å². The number of nitrogens with zero attached hydrogens (tertiary/aromatic N) is 2. The second kappa shape index (κ2) is 4.61. The van der Waals surface area contributed by atoms with E-state index >= 15 is 0 Å². The Morgan fingerprint density at radius 2 is 1.87 bits per heavy atom. The van der Waals surface area contributed by atoms with E-state index in [4.69, 9.17) is 12.2 Å². The molecule has 0 aliphatic rings. The molecule has 15 heavy (non-hydrogen) atoms. The van der Waals surface area contributed by atoms with Crippen molar-refractivity contribution in [2.45, 2.75) is 0 Å². The van der Waals surface area contributed by atoms with Crippen LogP contribution in [-0.4, -0.2) is 15.2 Å². The van der Waals surface area contributed by atoms with E-state index in [2.05, 4.69) is 15.5 Å². The standard InChI is InChI=1S/C11H9N3S/c15-11(10-7-4-8-12-14-10)13-9-5-2-1-3-6-9/h1-8H,(H,13,15). The summed E-state index contributed by atoms with van der Waals surface area (Å²) in [5.41, 5.74) is 1.63. The molecule has 1 N–H and O–H groups in total. The molecule has 1 aromatic heterocycles. The van der Waals surface area contributed by atoms with Crippen molar-refractivity contribution in [2.75, 3.05) is 5.32 Å². The van der Waals surface area contributed by atoms with Crippen LogP contribution in [0.1, 0.15) is 5.69 Å².